The highest BCUT2D eigenvalue weighted by Crippen LogP contribution is 2.14. The summed E-state index contributed by atoms with van der Waals surface area (Å²) in [6.45, 7) is 4.69. The van der Waals surface area contributed by atoms with Crippen molar-refractivity contribution in [1.82, 2.24) is 0 Å². The van der Waals surface area contributed by atoms with E-state index in [1.54, 1.807) is 0 Å². The Morgan fingerprint density at radius 2 is 0.946 bits per heavy atom. The third kappa shape index (κ3) is 37.1. The van der Waals surface area contributed by atoms with Crippen molar-refractivity contribution in [2.45, 2.75) is 212 Å². The first-order valence-electron chi connectivity index (χ1n) is 23.0. The van der Waals surface area contributed by atoms with E-state index in [9.17, 15) is 19.5 Å². The van der Waals surface area contributed by atoms with Crippen molar-refractivity contribution in [2.75, 3.05) is 41.0 Å². The molecule has 0 bridgehead atoms. The number of carbonyl (C=O) groups is 3. The van der Waals surface area contributed by atoms with Gasteiger partial charge in [0.25, 0.3) is 0 Å². The van der Waals surface area contributed by atoms with Gasteiger partial charge in [-0.3, -0.25) is 9.59 Å². The van der Waals surface area contributed by atoms with Crippen LogP contribution in [0.3, 0.4) is 0 Å². The lowest BCUT2D eigenvalue weighted by Crippen LogP contribution is -2.50. The fourth-order valence-electron chi connectivity index (χ4n) is 6.65. The molecule has 0 aliphatic carbocycles. The standard InChI is InChI=1S/C48H87NO7/c1-6-8-10-12-14-16-18-20-21-22-23-24-25-27-29-31-33-35-37-39-47(51)56-44(42-54-41-40-45(48(52)53)49(3,4)5)43-55-46(50)38-36-34-32-30-28-26-19-17-15-13-11-9-7-2/h14,16-17,19-21,44-45H,6-13,15,18,22-43H2,1-5H3/p+1/b16-14-,19-17-,21-20-. The van der Waals surface area contributed by atoms with E-state index < -0.39 is 18.1 Å². The first-order chi connectivity index (χ1) is 27.1. The molecular weight excluding hydrogens is 703 g/mol. The highest BCUT2D eigenvalue weighted by molar-refractivity contribution is 5.72. The molecule has 0 aromatic heterocycles. The number of carboxylic acid groups (broad SMARTS) is 1. The van der Waals surface area contributed by atoms with Gasteiger partial charge in [0.15, 0.2) is 12.1 Å². The van der Waals surface area contributed by atoms with Crippen molar-refractivity contribution in [3.05, 3.63) is 36.5 Å². The maximum atomic E-state index is 12.7. The summed E-state index contributed by atoms with van der Waals surface area (Å²) < 4.78 is 17.3. The van der Waals surface area contributed by atoms with Crippen LogP contribution >= 0.6 is 0 Å². The van der Waals surface area contributed by atoms with E-state index in [4.69, 9.17) is 14.2 Å². The van der Waals surface area contributed by atoms with E-state index in [1.807, 2.05) is 21.1 Å². The molecule has 2 atom stereocenters. The molecule has 0 heterocycles. The van der Waals surface area contributed by atoms with Crippen LogP contribution in [0.25, 0.3) is 0 Å². The van der Waals surface area contributed by atoms with Gasteiger partial charge in [0.05, 0.1) is 34.4 Å². The van der Waals surface area contributed by atoms with Crippen LogP contribution < -0.4 is 0 Å². The lowest BCUT2D eigenvalue weighted by atomic mass is 10.1. The van der Waals surface area contributed by atoms with Gasteiger partial charge in [-0.05, 0) is 70.6 Å². The predicted molar refractivity (Wildman–Crippen MR) is 234 cm³/mol. The molecule has 8 nitrogen and oxygen atoms in total. The molecule has 0 radical (unpaired) electrons. The van der Waals surface area contributed by atoms with Gasteiger partial charge in [-0.2, -0.15) is 0 Å². The predicted octanol–water partition coefficient (Wildman–Crippen LogP) is 12.6. The Bertz CT molecular complexity index is 1020. The second-order valence-corrected chi connectivity index (χ2v) is 16.7. The SMILES string of the molecule is CCCCC/C=C\C/C=C\CCCCCCCCCCCC(=O)OC(COCCC(C(=O)O)[N+](C)(C)C)COC(=O)CCCCCCC/C=C\CCCCCC. The normalized spacial score (nSPS) is 13.2. The number of carboxylic acids is 1. The largest absolute Gasteiger partial charge is 0.477 e. The molecule has 0 saturated carbocycles. The van der Waals surface area contributed by atoms with Crippen LogP contribution in [0.4, 0.5) is 0 Å². The molecular formula is C48H88NO7+. The highest BCUT2D eigenvalue weighted by atomic mass is 16.6. The number of hydrogen-bond donors (Lipinski definition) is 1. The number of rotatable bonds is 41. The summed E-state index contributed by atoms with van der Waals surface area (Å²) in [6, 6.07) is -0.615. The van der Waals surface area contributed by atoms with E-state index in [1.165, 1.54) is 109 Å². The molecule has 326 valence electrons. The van der Waals surface area contributed by atoms with Crippen LogP contribution in [0, 0.1) is 0 Å². The lowest BCUT2D eigenvalue weighted by molar-refractivity contribution is -0.887. The Balaban J connectivity index is 4.31. The minimum atomic E-state index is -0.876. The number of aliphatic carboxylic acids is 1. The van der Waals surface area contributed by atoms with Crippen molar-refractivity contribution in [3.8, 4) is 0 Å². The maximum Gasteiger partial charge on any atom is 0.362 e. The topological polar surface area (TPSA) is 99.1 Å². The zero-order chi connectivity index (χ0) is 41.4. The van der Waals surface area contributed by atoms with E-state index in [-0.39, 0.29) is 36.2 Å². The molecule has 0 spiro atoms. The summed E-state index contributed by atoms with van der Waals surface area (Å²) in [5.41, 5.74) is 0. The van der Waals surface area contributed by atoms with E-state index in [2.05, 4.69) is 50.3 Å². The maximum absolute atomic E-state index is 12.7. The summed E-state index contributed by atoms with van der Waals surface area (Å²) in [6.07, 6.45) is 44.6. The zero-order valence-electron chi connectivity index (χ0n) is 37.1. The van der Waals surface area contributed by atoms with E-state index in [0.717, 1.165) is 57.8 Å². The minimum Gasteiger partial charge on any atom is -0.477 e. The highest BCUT2D eigenvalue weighted by Gasteiger charge is 2.31. The Morgan fingerprint density at radius 3 is 1.43 bits per heavy atom. The van der Waals surface area contributed by atoms with E-state index in [0.29, 0.717) is 19.3 Å². The van der Waals surface area contributed by atoms with Crippen LogP contribution in [0.5, 0.6) is 0 Å². The van der Waals surface area contributed by atoms with Gasteiger partial charge in [0.1, 0.15) is 6.61 Å². The average molecular weight is 791 g/mol. The quantitative estimate of drug-likeness (QED) is 0.0285. The number of likely N-dealkylation sites (N-methyl/N-ethyl adjacent to an activating group) is 1. The molecule has 0 fully saturated rings. The Labute approximate surface area is 344 Å². The molecule has 0 aliphatic rings. The number of esters is 2. The molecule has 1 N–H and O–H groups in total. The van der Waals surface area contributed by atoms with Crippen LogP contribution in [-0.4, -0.2) is 80.6 Å². The molecule has 0 aliphatic heterocycles. The van der Waals surface area contributed by atoms with Crippen molar-refractivity contribution in [1.29, 1.82) is 0 Å². The number of unbranched alkanes of at least 4 members (excludes halogenated alkanes) is 21. The van der Waals surface area contributed by atoms with E-state index >= 15 is 0 Å². The first-order valence-corrected chi connectivity index (χ1v) is 23.0. The molecule has 0 aromatic rings. The Hall–Kier alpha value is -2.45. The average Bonchev–Trinajstić information content (AvgIpc) is 3.15. The van der Waals surface area contributed by atoms with Crippen LogP contribution in [0.15, 0.2) is 36.5 Å². The number of hydrogen-bond acceptors (Lipinski definition) is 6. The second-order valence-electron chi connectivity index (χ2n) is 16.7. The third-order valence-corrected chi connectivity index (χ3v) is 10.3. The Morgan fingerprint density at radius 1 is 0.536 bits per heavy atom. The van der Waals surface area contributed by atoms with Crippen LogP contribution in [0.2, 0.25) is 0 Å². The van der Waals surface area contributed by atoms with Crippen molar-refractivity contribution in [2.24, 2.45) is 0 Å². The van der Waals surface area contributed by atoms with Gasteiger partial charge in [-0.15, -0.1) is 0 Å². The zero-order valence-corrected chi connectivity index (χ0v) is 37.1. The fraction of sp³-hybridized carbons (Fsp3) is 0.812. The van der Waals surface area contributed by atoms with Crippen molar-refractivity contribution in [3.63, 3.8) is 0 Å². The molecule has 0 rings (SSSR count). The number of allylic oxidation sites excluding steroid dienone is 6. The number of quaternary nitrogens is 1. The summed E-state index contributed by atoms with van der Waals surface area (Å²) >= 11 is 0. The molecule has 2 unspecified atom stereocenters. The minimum absolute atomic E-state index is 0.0557. The molecule has 0 amide bonds. The van der Waals surface area contributed by atoms with Gasteiger partial charge in [0, 0.05) is 19.3 Å². The summed E-state index contributed by atoms with van der Waals surface area (Å²) in [7, 11) is 5.53. The first kappa shape index (κ1) is 53.6. The molecule has 8 heteroatoms. The number of carbonyl (C=O) groups excluding carboxylic acids is 2. The van der Waals surface area contributed by atoms with Crippen molar-refractivity contribution >= 4 is 17.9 Å². The third-order valence-electron chi connectivity index (χ3n) is 10.3. The van der Waals surface area contributed by atoms with Crippen molar-refractivity contribution < 1.29 is 38.2 Å². The number of nitrogens with zero attached hydrogens (tertiary/aromatic N) is 1. The van der Waals surface area contributed by atoms with Gasteiger partial charge < -0.3 is 23.8 Å². The summed E-state index contributed by atoms with van der Waals surface area (Å²) in [5, 5.41) is 9.62. The van der Waals surface area contributed by atoms with Gasteiger partial charge >= 0.3 is 17.9 Å². The smallest absolute Gasteiger partial charge is 0.362 e. The van der Waals surface area contributed by atoms with Crippen LogP contribution in [0.1, 0.15) is 200 Å². The fourth-order valence-corrected chi connectivity index (χ4v) is 6.65. The lowest BCUT2D eigenvalue weighted by Gasteiger charge is -2.31. The summed E-state index contributed by atoms with van der Waals surface area (Å²) in [4.78, 5) is 37.0. The summed E-state index contributed by atoms with van der Waals surface area (Å²) in [5.74, 6) is -1.48. The van der Waals surface area contributed by atoms with Gasteiger partial charge in [0.2, 0.25) is 0 Å². The van der Waals surface area contributed by atoms with Gasteiger partial charge in [-0.25, -0.2) is 4.79 Å². The van der Waals surface area contributed by atoms with Crippen LogP contribution in [-0.2, 0) is 28.6 Å². The molecule has 56 heavy (non-hydrogen) atoms. The van der Waals surface area contributed by atoms with Gasteiger partial charge in [-0.1, -0.05) is 147 Å². The second kappa shape index (κ2) is 39.4. The molecule has 0 aromatic carbocycles. The monoisotopic (exact) mass is 791 g/mol. The number of ether oxygens (including phenoxy) is 3. The Kier molecular flexibility index (Phi) is 37.7. The molecule has 0 saturated heterocycles.